The Morgan fingerprint density at radius 2 is 1.69 bits per heavy atom. The number of phosphoric acid groups is 2. The van der Waals surface area contributed by atoms with E-state index in [9.17, 15) is 48.9 Å². The average Bonchev–Trinajstić information content (AvgIpc) is 3.06. The number of hydrogen-bond donors (Lipinski definition) is 7. The average molecular weight is 563 g/mol. The Bertz CT molecular complexity index is 1130. The molecule has 8 N–H and O–H groups in total. The smallest absolute Gasteiger partial charge is 0.330 e. The van der Waals surface area contributed by atoms with Crippen molar-refractivity contribution in [3.63, 3.8) is 0 Å². The van der Waals surface area contributed by atoms with Crippen molar-refractivity contribution in [3.05, 3.63) is 33.1 Å². The first-order valence-corrected chi connectivity index (χ1v) is 13.0. The van der Waals surface area contributed by atoms with Crippen molar-refractivity contribution in [2.24, 2.45) is 5.73 Å². The van der Waals surface area contributed by atoms with E-state index in [-0.39, 0.29) is 0 Å². The first-order chi connectivity index (χ1) is 16.7. The first kappa shape index (κ1) is 29.2. The molecule has 0 saturated carbocycles. The molecule has 1 aromatic heterocycles. The summed E-state index contributed by atoms with van der Waals surface area (Å²) in [6.45, 7) is -1.91. The van der Waals surface area contributed by atoms with Crippen molar-refractivity contribution in [3.8, 4) is 0 Å². The number of aliphatic hydroxyl groups is 5. The van der Waals surface area contributed by atoms with E-state index < -0.39 is 95.3 Å². The van der Waals surface area contributed by atoms with Gasteiger partial charge in [-0.15, -0.1) is 0 Å². The summed E-state index contributed by atoms with van der Waals surface area (Å²) in [5.74, 6) is 0. The van der Waals surface area contributed by atoms with Crippen LogP contribution in [0.4, 0.5) is 0 Å². The Morgan fingerprint density at radius 1 is 1.03 bits per heavy atom. The predicted octanol–water partition coefficient (Wildman–Crippen LogP) is -6.09. The molecule has 36 heavy (non-hydrogen) atoms. The lowest BCUT2D eigenvalue weighted by Crippen LogP contribution is -2.62. The SMILES string of the molecule is N[C@H]1[C@H](O)[C@@H](O)[C@@H](OP(=O)([O-])OP(=O)([O-])OC[C@H]2O[C@@H](n3ccc(=O)[nH]c3=O)[C@H](O)[C@@H]2O)O[C@@H]1CO. The molecule has 19 nitrogen and oxygen atoms in total. The Labute approximate surface area is 200 Å². The lowest BCUT2D eigenvalue weighted by molar-refractivity contribution is -0.289. The van der Waals surface area contributed by atoms with Gasteiger partial charge in [-0.2, -0.15) is 0 Å². The lowest BCUT2D eigenvalue weighted by atomic mass is 9.97. The zero-order chi connectivity index (χ0) is 27.0. The Hall–Kier alpha value is -1.38. The fourth-order valence-electron chi connectivity index (χ4n) is 3.39. The summed E-state index contributed by atoms with van der Waals surface area (Å²) in [7, 11) is -11.6. The highest BCUT2D eigenvalue weighted by atomic mass is 31.3. The van der Waals surface area contributed by atoms with Gasteiger partial charge in [0.25, 0.3) is 21.2 Å². The molecule has 0 aliphatic carbocycles. The van der Waals surface area contributed by atoms with Crippen LogP contribution in [0.1, 0.15) is 6.23 Å². The highest BCUT2D eigenvalue weighted by molar-refractivity contribution is 7.59. The molecule has 2 saturated heterocycles. The van der Waals surface area contributed by atoms with E-state index in [0.717, 1.165) is 12.3 Å². The molecule has 0 spiro atoms. The second-order valence-corrected chi connectivity index (χ2v) is 10.6. The molecule has 21 heteroatoms. The molecule has 0 aromatic carbocycles. The van der Waals surface area contributed by atoms with Crippen LogP contribution in [0, 0.1) is 0 Å². The second-order valence-electron chi connectivity index (χ2n) is 7.72. The van der Waals surface area contributed by atoms with E-state index in [0.29, 0.717) is 4.57 Å². The topological polar surface area (TPSA) is 308 Å². The molecular formula is C15H23N3O16P2-2. The van der Waals surface area contributed by atoms with Gasteiger partial charge in [0, 0.05) is 12.3 Å². The minimum Gasteiger partial charge on any atom is -0.756 e. The molecular weight excluding hydrogens is 540 g/mol. The zero-order valence-corrected chi connectivity index (χ0v) is 19.7. The van der Waals surface area contributed by atoms with E-state index in [4.69, 9.17) is 20.3 Å². The lowest BCUT2D eigenvalue weighted by Gasteiger charge is -2.42. The largest absolute Gasteiger partial charge is 0.756 e. The van der Waals surface area contributed by atoms with Crippen molar-refractivity contribution in [2.75, 3.05) is 13.2 Å². The predicted molar refractivity (Wildman–Crippen MR) is 106 cm³/mol. The minimum absolute atomic E-state index is 0.706. The van der Waals surface area contributed by atoms with Crippen molar-refractivity contribution in [2.45, 2.75) is 55.2 Å². The van der Waals surface area contributed by atoms with Crippen LogP contribution >= 0.6 is 15.6 Å². The number of H-pyrrole nitrogens is 1. The third kappa shape index (κ3) is 6.54. The first-order valence-electron chi connectivity index (χ1n) is 10.0. The summed E-state index contributed by atoms with van der Waals surface area (Å²) in [4.78, 5) is 49.0. The normalized spacial score (nSPS) is 38.4. The molecule has 3 rings (SSSR count). The second kappa shape index (κ2) is 11.2. The Morgan fingerprint density at radius 3 is 2.31 bits per heavy atom. The number of ether oxygens (including phenoxy) is 2. The van der Waals surface area contributed by atoms with Crippen molar-refractivity contribution in [1.29, 1.82) is 0 Å². The van der Waals surface area contributed by atoms with Crippen LogP contribution in [0.3, 0.4) is 0 Å². The highest BCUT2D eigenvalue weighted by Gasteiger charge is 2.46. The van der Waals surface area contributed by atoms with Crippen molar-refractivity contribution < 1.29 is 67.3 Å². The van der Waals surface area contributed by atoms with Gasteiger partial charge >= 0.3 is 5.69 Å². The molecule has 3 heterocycles. The van der Waals surface area contributed by atoms with Crippen LogP contribution in [0.15, 0.2) is 21.9 Å². The van der Waals surface area contributed by atoms with Crippen LogP contribution in [0.5, 0.6) is 0 Å². The molecule has 2 aliphatic heterocycles. The molecule has 0 bridgehead atoms. The van der Waals surface area contributed by atoms with Gasteiger partial charge < -0.3 is 55.1 Å². The van der Waals surface area contributed by atoms with Crippen LogP contribution in [-0.2, 0) is 32.0 Å². The summed E-state index contributed by atoms with van der Waals surface area (Å²) >= 11 is 0. The maximum atomic E-state index is 12.0. The molecule has 11 atom stereocenters. The molecule has 2 aliphatic rings. The number of aromatic nitrogens is 2. The number of nitrogens with one attached hydrogen (secondary N) is 1. The number of hydrogen-bond acceptors (Lipinski definition) is 17. The summed E-state index contributed by atoms with van der Waals surface area (Å²) in [5.41, 5.74) is 3.74. The number of phosphoric ester groups is 2. The fourth-order valence-corrected chi connectivity index (χ4v) is 5.47. The van der Waals surface area contributed by atoms with Gasteiger partial charge in [-0.05, 0) is 0 Å². The summed E-state index contributed by atoms with van der Waals surface area (Å²) in [6.07, 6.45) is -13.3. The summed E-state index contributed by atoms with van der Waals surface area (Å²) < 4.78 is 47.4. The standard InChI is InChI=1S/C15H25N3O16P2/c16-8-5(3-19)32-14(12(24)10(8)22)33-36(28,29)34-35(26,27)30-4-6-9(21)11(23)13(31-6)18-2-1-7(20)17-15(18)25/h1-2,5-6,8-14,19,21-24H,3-4,16H2,(H,26,27)(H,28,29)(H,17,20,25)/p-2/t5-,6-,8-,9-,10+,11-,12-,13-,14-/m1/s1. The van der Waals surface area contributed by atoms with Gasteiger partial charge in [0.1, 0.15) is 36.6 Å². The summed E-state index contributed by atoms with van der Waals surface area (Å²) in [5, 5.41) is 49.1. The quantitative estimate of drug-likeness (QED) is 0.137. The van der Waals surface area contributed by atoms with Gasteiger partial charge in [0.2, 0.25) is 0 Å². The molecule has 0 radical (unpaired) electrons. The Balaban J connectivity index is 1.61. The monoisotopic (exact) mass is 563 g/mol. The van der Waals surface area contributed by atoms with E-state index >= 15 is 0 Å². The van der Waals surface area contributed by atoms with Gasteiger partial charge in [0.15, 0.2) is 12.5 Å². The third-order valence-electron chi connectivity index (χ3n) is 5.23. The van der Waals surface area contributed by atoms with Crippen LogP contribution in [0.25, 0.3) is 0 Å². The number of rotatable bonds is 9. The molecule has 2 fully saturated rings. The number of aromatic amines is 1. The van der Waals surface area contributed by atoms with Gasteiger partial charge in [-0.3, -0.25) is 28.0 Å². The molecule has 206 valence electrons. The maximum Gasteiger partial charge on any atom is 0.330 e. The molecule has 2 unspecified atom stereocenters. The Kier molecular flexibility index (Phi) is 9.05. The highest BCUT2D eigenvalue weighted by Crippen LogP contribution is 2.57. The van der Waals surface area contributed by atoms with Crippen molar-refractivity contribution in [1.82, 2.24) is 9.55 Å². The van der Waals surface area contributed by atoms with Crippen LogP contribution < -0.4 is 26.8 Å². The fraction of sp³-hybridized carbons (Fsp3) is 0.733. The summed E-state index contributed by atoms with van der Waals surface area (Å²) in [6, 6.07) is -0.406. The van der Waals surface area contributed by atoms with E-state index in [2.05, 4.69) is 13.4 Å². The van der Waals surface area contributed by atoms with Gasteiger partial charge in [-0.1, -0.05) is 0 Å². The maximum absolute atomic E-state index is 12.0. The zero-order valence-electron chi connectivity index (χ0n) is 17.9. The van der Waals surface area contributed by atoms with Crippen LogP contribution in [0.2, 0.25) is 0 Å². The van der Waals surface area contributed by atoms with Gasteiger partial charge in [-0.25, -0.2) is 9.11 Å². The number of aliphatic hydroxyl groups excluding tert-OH is 5. The van der Waals surface area contributed by atoms with Crippen molar-refractivity contribution >= 4 is 15.6 Å². The van der Waals surface area contributed by atoms with Crippen LogP contribution in [-0.4, -0.2) is 97.3 Å². The number of nitrogens with zero attached hydrogens (tertiary/aromatic N) is 1. The third-order valence-corrected chi connectivity index (χ3v) is 7.76. The minimum atomic E-state index is -5.86. The van der Waals surface area contributed by atoms with Gasteiger partial charge in [0.05, 0.1) is 19.3 Å². The van der Waals surface area contributed by atoms with E-state index in [1.807, 2.05) is 4.98 Å². The molecule has 1 aromatic rings. The van der Waals surface area contributed by atoms with E-state index in [1.165, 1.54) is 0 Å². The molecule has 0 amide bonds. The van der Waals surface area contributed by atoms with E-state index in [1.54, 1.807) is 0 Å². The number of nitrogens with two attached hydrogens (primary N) is 1.